The molecule has 1 unspecified atom stereocenters. The molecule has 0 saturated heterocycles. The summed E-state index contributed by atoms with van der Waals surface area (Å²) in [7, 11) is 0. The lowest BCUT2D eigenvalue weighted by Crippen LogP contribution is -2.48. The Kier molecular flexibility index (Phi) is 5.46. The van der Waals surface area contributed by atoms with Crippen LogP contribution in [0.15, 0.2) is 0 Å². The van der Waals surface area contributed by atoms with Crippen LogP contribution < -0.4 is 11.3 Å². The first-order valence-electron chi connectivity index (χ1n) is 4.62. The summed E-state index contributed by atoms with van der Waals surface area (Å²) in [4.78, 5) is 0. The summed E-state index contributed by atoms with van der Waals surface area (Å²) in [6, 6.07) is 0.238. The molecule has 74 valence electrons. The molecule has 0 aromatic rings. The van der Waals surface area contributed by atoms with E-state index in [1.165, 1.54) is 0 Å². The van der Waals surface area contributed by atoms with E-state index in [9.17, 15) is 0 Å². The minimum Gasteiger partial charge on any atom is -0.380 e. The topological polar surface area (TPSA) is 47.3 Å². The van der Waals surface area contributed by atoms with Gasteiger partial charge in [-0.15, -0.1) is 0 Å². The highest BCUT2D eigenvalue weighted by Gasteiger charge is 2.26. The predicted octanol–water partition coefficient (Wildman–Crippen LogP) is 1.29. The van der Waals surface area contributed by atoms with E-state index in [0.29, 0.717) is 6.61 Å². The van der Waals surface area contributed by atoms with E-state index in [2.05, 4.69) is 26.2 Å². The molecule has 0 aliphatic rings. The quantitative estimate of drug-likeness (QED) is 0.471. The number of nitrogens with two attached hydrogens (primary N) is 1. The van der Waals surface area contributed by atoms with Crippen LogP contribution in [0.2, 0.25) is 0 Å². The van der Waals surface area contributed by atoms with Crippen molar-refractivity contribution in [1.82, 2.24) is 5.43 Å². The molecule has 1 atom stereocenters. The van der Waals surface area contributed by atoms with Gasteiger partial charge in [0.2, 0.25) is 0 Å². The van der Waals surface area contributed by atoms with E-state index in [-0.39, 0.29) is 11.5 Å². The van der Waals surface area contributed by atoms with Gasteiger partial charge in [0, 0.05) is 12.6 Å². The van der Waals surface area contributed by atoms with Gasteiger partial charge in [-0.05, 0) is 18.8 Å². The summed E-state index contributed by atoms with van der Waals surface area (Å²) in [5.41, 5.74) is 3.00. The molecule has 0 aromatic heterocycles. The summed E-state index contributed by atoms with van der Waals surface area (Å²) in [6.45, 7) is 9.97. The van der Waals surface area contributed by atoms with Gasteiger partial charge in [-0.3, -0.25) is 11.3 Å². The first-order chi connectivity index (χ1) is 5.58. The van der Waals surface area contributed by atoms with Gasteiger partial charge in [-0.1, -0.05) is 20.8 Å². The largest absolute Gasteiger partial charge is 0.380 e. The minimum atomic E-state index is 0.198. The molecule has 0 aliphatic heterocycles. The molecule has 0 heterocycles. The van der Waals surface area contributed by atoms with Gasteiger partial charge in [0.05, 0.1) is 6.61 Å². The second-order valence-electron chi connectivity index (χ2n) is 3.72. The number of ether oxygens (including phenoxy) is 1. The average Bonchev–Trinajstić information content (AvgIpc) is 2.05. The van der Waals surface area contributed by atoms with Crippen LogP contribution in [0.25, 0.3) is 0 Å². The van der Waals surface area contributed by atoms with Gasteiger partial charge in [0.15, 0.2) is 0 Å². The molecule has 0 radical (unpaired) electrons. The lowest BCUT2D eigenvalue weighted by Gasteiger charge is -2.32. The zero-order chi connectivity index (χ0) is 9.61. The standard InChI is InChI=1S/C9H22N2O/c1-5-9(3,4)8(11-10)7-12-6-2/h8,11H,5-7,10H2,1-4H3. The van der Waals surface area contributed by atoms with E-state index in [1.807, 2.05) is 6.92 Å². The van der Waals surface area contributed by atoms with Crippen molar-refractivity contribution in [3.8, 4) is 0 Å². The summed E-state index contributed by atoms with van der Waals surface area (Å²) in [6.07, 6.45) is 1.09. The van der Waals surface area contributed by atoms with Crippen LogP contribution in [0.3, 0.4) is 0 Å². The monoisotopic (exact) mass is 174 g/mol. The third kappa shape index (κ3) is 3.52. The molecule has 0 rings (SSSR count). The Labute approximate surface area is 75.6 Å². The first-order valence-corrected chi connectivity index (χ1v) is 4.62. The zero-order valence-corrected chi connectivity index (χ0v) is 8.68. The smallest absolute Gasteiger partial charge is 0.0638 e. The van der Waals surface area contributed by atoms with Gasteiger partial charge in [-0.25, -0.2) is 0 Å². The van der Waals surface area contributed by atoms with Crippen molar-refractivity contribution in [1.29, 1.82) is 0 Å². The Bertz CT molecular complexity index is 115. The Hall–Kier alpha value is -0.120. The molecule has 3 heteroatoms. The highest BCUT2D eigenvalue weighted by molar-refractivity contribution is 4.81. The summed E-state index contributed by atoms with van der Waals surface area (Å²) in [5.74, 6) is 5.45. The molecule has 0 bridgehead atoms. The zero-order valence-electron chi connectivity index (χ0n) is 8.68. The fourth-order valence-electron chi connectivity index (χ4n) is 0.981. The number of rotatable bonds is 6. The molecule has 0 aromatic carbocycles. The van der Waals surface area contributed by atoms with Gasteiger partial charge in [-0.2, -0.15) is 0 Å². The highest BCUT2D eigenvalue weighted by Crippen LogP contribution is 2.24. The maximum absolute atomic E-state index is 5.45. The normalized spacial score (nSPS) is 14.8. The van der Waals surface area contributed by atoms with Crippen LogP contribution in [0.4, 0.5) is 0 Å². The highest BCUT2D eigenvalue weighted by atomic mass is 16.5. The van der Waals surface area contributed by atoms with E-state index in [4.69, 9.17) is 10.6 Å². The molecule has 0 fully saturated rings. The minimum absolute atomic E-state index is 0.198. The lowest BCUT2D eigenvalue weighted by molar-refractivity contribution is 0.0756. The summed E-state index contributed by atoms with van der Waals surface area (Å²) < 4.78 is 5.33. The van der Waals surface area contributed by atoms with Crippen LogP contribution in [0.5, 0.6) is 0 Å². The van der Waals surface area contributed by atoms with E-state index in [1.54, 1.807) is 0 Å². The molecule has 0 saturated carbocycles. The van der Waals surface area contributed by atoms with Crippen LogP contribution in [0, 0.1) is 5.41 Å². The molecule has 0 spiro atoms. The van der Waals surface area contributed by atoms with E-state index >= 15 is 0 Å². The average molecular weight is 174 g/mol. The van der Waals surface area contributed by atoms with Crippen molar-refractivity contribution < 1.29 is 4.74 Å². The third-order valence-electron chi connectivity index (χ3n) is 2.54. The van der Waals surface area contributed by atoms with Crippen molar-refractivity contribution in [2.45, 2.75) is 40.2 Å². The van der Waals surface area contributed by atoms with Crippen LogP contribution in [-0.4, -0.2) is 19.3 Å². The fraction of sp³-hybridized carbons (Fsp3) is 1.00. The van der Waals surface area contributed by atoms with Crippen molar-refractivity contribution in [2.24, 2.45) is 11.3 Å². The molecule has 0 amide bonds. The van der Waals surface area contributed by atoms with Gasteiger partial charge in [0.25, 0.3) is 0 Å². The lowest BCUT2D eigenvalue weighted by atomic mass is 9.82. The maximum atomic E-state index is 5.45. The Morgan fingerprint density at radius 3 is 2.33 bits per heavy atom. The van der Waals surface area contributed by atoms with E-state index < -0.39 is 0 Å². The maximum Gasteiger partial charge on any atom is 0.0638 e. The molecule has 3 N–H and O–H groups in total. The first kappa shape index (κ1) is 11.9. The van der Waals surface area contributed by atoms with Gasteiger partial charge in [0.1, 0.15) is 0 Å². The van der Waals surface area contributed by atoms with E-state index in [0.717, 1.165) is 13.0 Å². The summed E-state index contributed by atoms with van der Waals surface area (Å²) in [5, 5.41) is 0. The van der Waals surface area contributed by atoms with Crippen molar-refractivity contribution in [2.75, 3.05) is 13.2 Å². The van der Waals surface area contributed by atoms with Crippen LogP contribution in [-0.2, 0) is 4.74 Å². The molecule has 3 nitrogen and oxygen atoms in total. The van der Waals surface area contributed by atoms with Crippen molar-refractivity contribution in [3.63, 3.8) is 0 Å². The predicted molar refractivity (Wildman–Crippen MR) is 51.7 cm³/mol. The Morgan fingerprint density at radius 2 is 2.00 bits per heavy atom. The fourth-order valence-corrected chi connectivity index (χ4v) is 0.981. The van der Waals surface area contributed by atoms with Crippen LogP contribution >= 0.6 is 0 Å². The molecule has 12 heavy (non-hydrogen) atoms. The number of nitrogens with one attached hydrogen (secondary N) is 1. The Morgan fingerprint density at radius 1 is 1.42 bits per heavy atom. The number of hydrogen-bond acceptors (Lipinski definition) is 3. The Balaban J connectivity index is 3.95. The SMILES string of the molecule is CCOCC(NN)C(C)(C)CC. The van der Waals surface area contributed by atoms with Crippen LogP contribution in [0.1, 0.15) is 34.1 Å². The number of hydrogen-bond donors (Lipinski definition) is 2. The molecule has 0 aliphatic carbocycles. The second kappa shape index (κ2) is 5.51. The number of hydrazine groups is 1. The summed E-state index contributed by atoms with van der Waals surface area (Å²) >= 11 is 0. The van der Waals surface area contributed by atoms with Gasteiger partial charge < -0.3 is 4.74 Å². The molecular formula is C9H22N2O. The third-order valence-corrected chi connectivity index (χ3v) is 2.54. The molecular weight excluding hydrogens is 152 g/mol. The second-order valence-corrected chi connectivity index (χ2v) is 3.72. The van der Waals surface area contributed by atoms with Crippen molar-refractivity contribution in [3.05, 3.63) is 0 Å². The van der Waals surface area contributed by atoms with Gasteiger partial charge >= 0.3 is 0 Å². The van der Waals surface area contributed by atoms with Crippen molar-refractivity contribution >= 4 is 0 Å².